The average Bonchev–Trinajstić information content (AvgIpc) is 3.15. The van der Waals surface area contributed by atoms with Crippen LogP contribution in [0.5, 0.6) is 0 Å². The van der Waals surface area contributed by atoms with Crippen LogP contribution >= 0.6 is 24.0 Å². The number of piperidine rings is 1. The topological polar surface area (TPSA) is 78.6 Å². The van der Waals surface area contributed by atoms with Gasteiger partial charge in [-0.15, -0.1) is 24.0 Å². The van der Waals surface area contributed by atoms with Crippen molar-refractivity contribution in [3.05, 3.63) is 41.8 Å². The third-order valence-electron chi connectivity index (χ3n) is 4.68. The van der Waals surface area contributed by atoms with Gasteiger partial charge in [-0.1, -0.05) is 32.0 Å². The van der Waals surface area contributed by atoms with Gasteiger partial charge in [0.15, 0.2) is 11.8 Å². The van der Waals surface area contributed by atoms with Crippen LogP contribution in [-0.2, 0) is 12.0 Å². The Balaban J connectivity index is 0.00000300. The molecule has 0 radical (unpaired) electrons. The minimum atomic E-state index is -0.209. The minimum absolute atomic E-state index is 0. The standard InChI is InChI=1S/C20H29FN6O.HI/c1-20(2,3)18-25-17(26-28-18)12-23-19(22-4)24-15-8-6-10-27(13-15)16-9-5-7-14(21)11-16;/h5,7,9,11,15H,6,8,10,12-13H2,1-4H3,(H2,22,23,24);1H. The summed E-state index contributed by atoms with van der Waals surface area (Å²) in [6.07, 6.45) is 2.06. The molecule has 2 aromatic rings. The van der Waals surface area contributed by atoms with E-state index in [1.807, 2.05) is 26.8 Å². The molecule has 1 fully saturated rings. The molecule has 3 rings (SSSR count). The van der Waals surface area contributed by atoms with E-state index in [-0.39, 0.29) is 41.3 Å². The smallest absolute Gasteiger partial charge is 0.232 e. The van der Waals surface area contributed by atoms with Crippen LogP contribution in [0, 0.1) is 5.82 Å². The van der Waals surface area contributed by atoms with Crippen LogP contribution in [0.2, 0.25) is 0 Å². The van der Waals surface area contributed by atoms with Gasteiger partial charge in [-0.2, -0.15) is 4.98 Å². The lowest BCUT2D eigenvalue weighted by molar-refractivity contribution is 0.318. The fraction of sp³-hybridized carbons (Fsp3) is 0.550. The fourth-order valence-corrected chi connectivity index (χ4v) is 3.18. The van der Waals surface area contributed by atoms with Gasteiger partial charge in [-0.25, -0.2) is 4.39 Å². The van der Waals surface area contributed by atoms with Crippen molar-refractivity contribution < 1.29 is 8.91 Å². The lowest BCUT2D eigenvalue weighted by atomic mass is 9.97. The minimum Gasteiger partial charge on any atom is -0.369 e. The third kappa shape index (κ3) is 6.55. The second-order valence-electron chi connectivity index (χ2n) is 8.10. The first-order valence-electron chi connectivity index (χ1n) is 9.66. The van der Waals surface area contributed by atoms with E-state index in [0.717, 1.165) is 31.6 Å². The molecule has 0 spiro atoms. The predicted molar refractivity (Wildman–Crippen MR) is 123 cm³/mol. The monoisotopic (exact) mass is 516 g/mol. The summed E-state index contributed by atoms with van der Waals surface area (Å²) in [5, 5.41) is 10.7. The highest BCUT2D eigenvalue weighted by Gasteiger charge is 2.23. The molecule has 0 saturated carbocycles. The van der Waals surface area contributed by atoms with Gasteiger partial charge in [0, 0.05) is 37.3 Å². The highest BCUT2D eigenvalue weighted by molar-refractivity contribution is 14.0. The molecule has 1 aromatic heterocycles. The van der Waals surface area contributed by atoms with Crippen molar-refractivity contribution in [2.75, 3.05) is 25.0 Å². The Morgan fingerprint density at radius 1 is 1.38 bits per heavy atom. The molecule has 0 aliphatic carbocycles. The summed E-state index contributed by atoms with van der Waals surface area (Å²) in [5.41, 5.74) is 0.740. The van der Waals surface area contributed by atoms with Crippen LogP contribution in [-0.4, -0.2) is 42.3 Å². The van der Waals surface area contributed by atoms with Crippen LogP contribution < -0.4 is 15.5 Å². The van der Waals surface area contributed by atoms with Gasteiger partial charge in [0.25, 0.3) is 0 Å². The second kappa shape index (κ2) is 10.2. The molecule has 9 heteroatoms. The zero-order valence-electron chi connectivity index (χ0n) is 17.4. The van der Waals surface area contributed by atoms with Gasteiger partial charge < -0.3 is 20.1 Å². The van der Waals surface area contributed by atoms with Crippen molar-refractivity contribution in [2.24, 2.45) is 4.99 Å². The highest BCUT2D eigenvalue weighted by Crippen LogP contribution is 2.21. The zero-order chi connectivity index (χ0) is 20.1. The largest absolute Gasteiger partial charge is 0.369 e. The lowest BCUT2D eigenvalue weighted by Crippen LogP contribution is -2.51. The van der Waals surface area contributed by atoms with E-state index < -0.39 is 0 Å². The molecule has 29 heavy (non-hydrogen) atoms. The van der Waals surface area contributed by atoms with E-state index in [1.165, 1.54) is 6.07 Å². The number of nitrogens with zero attached hydrogens (tertiary/aromatic N) is 4. The summed E-state index contributed by atoms with van der Waals surface area (Å²) in [6, 6.07) is 6.97. The summed E-state index contributed by atoms with van der Waals surface area (Å²) in [7, 11) is 1.74. The number of hydrogen-bond acceptors (Lipinski definition) is 5. The molecule has 1 aromatic carbocycles. The Bertz CT molecular complexity index is 819. The number of guanidine groups is 1. The Kier molecular flexibility index (Phi) is 8.23. The first-order valence-corrected chi connectivity index (χ1v) is 9.66. The molecule has 0 bridgehead atoms. The molecule has 1 unspecified atom stereocenters. The number of aliphatic imine (C=N–C) groups is 1. The van der Waals surface area contributed by atoms with Gasteiger partial charge in [0.1, 0.15) is 5.82 Å². The molecule has 7 nitrogen and oxygen atoms in total. The lowest BCUT2D eigenvalue weighted by Gasteiger charge is -2.35. The molecule has 2 N–H and O–H groups in total. The first-order chi connectivity index (χ1) is 13.3. The van der Waals surface area contributed by atoms with Gasteiger partial charge >= 0.3 is 0 Å². The third-order valence-corrected chi connectivity index (χ3v) is 4.68. The van der Waals surface area contributed by atoms with Crippen LogP contribution in [0.25, 0.3) is 0 Å². The number of halogens is 2. The Morgan fingerprint density at radius 2 is 2.17 bits per heavy atom. The maximum absolute atomic E-state index is 13.5. The first kappa shape index (κ1) is 23.4. The van der Waals surface area contributed by atoms with Gasteiger partial charge in [0.05, 0.1) is 6.54 Å². The van der Waals surface area contributed by atoms with E-state index in [2.05, 4.69) is 30.7 Å². The number of anilines is 1. The fourth-order valence-electron chi connectivity index (χ4n) is 3.18. The normalized spacial score (nSPS) is 17.6. The summed E-state index contributed by atoms with van der Waals surface area (Å²) in [6.45, 7) is 8.25. The molecular weight excluding hydrogens is 486 g/mol. The van der Waals surface area contributed by atoms with Crippen LogP contribution in [0.1, 0.15) is 45.3 Å². The van der Waals surface area contributed by atoms with E-state index in [4.69, 9.17) is 4.52 Å². The maximum Gasteiger partial charge on any atom is 0.232 e. The molecule has 1 aliphatic heterocycles. The van der Waals surface area contributed by atoms with Crippen molar-refractivity contribution in [3.8, 4) is 0 Å². The van der Waals surface area contributed by atoms with Crippen LogP contribution in [0.15, 0.2) is 33.8 Å². The second-order valence-corrected chi connectivity index (χ2v) is 8.10. The summed E-state index contributed by atoms with van der Waals surface area (Å²) in [4.78, 5) is 10.9. The van der Waals surface area contributed by atoms with Crippen molar-refractivity contribution in [1.82, 2.24) is 20.8 Å². The molecule has 1 aliphatic rings. The van der Waals surface area contributed by atoms with E-state index >= 15 is 0 Å². The van der Waals surface area contributed by atoms with E-state index in [1.54, 1.807) is 19.2 Å². The molecule has 160 valence electrons. The number of hydrogen-bond donors (Lipinski definition) is 2. The van der Waals surface area contributed by atoms with Gasteiger partial charge in [-0.05, 0) is 31.0 Å². The number of benzene rings is 1. The molecular formula is C20H30FIN6O. The quantitative estimate of drug-likeness (QED) is 0.368. The summed E-state index contributed by atoms with van der Waals surface area (Å²) >= 11 is 0. The zero-order valence-corrected chi connectivity index (χ0v) is 19.7. The Hall–Kier alpha value is -1.91. The van der Waals surface area contributed by atoms with E-state index in [9.17, 15) is 4.39 Å². The van der Waals surface area contributed by atoms with Crippen LogP contribution in [0.3, 0.4) is 0 Å². The van der Waals surface area contributed by atoms with Crippen LogP contribution in [0.4, 0.5) is 10.1 Å². The number of nitrogens with one attached hydrogen (secondary N) is 2. The summed E-state index contributed by atoms with van der Waals surface area (Å²) in [5.74, 6) is 1.69. The SMILES string of the molecule is CN=C(NCc1noc(C(C)(C)C)n1)NC1CCCN(c2cccc(F)c2)C1.I. The van der Waals surface area contributed by atoms with Crippen molar-refractivity contribution in [2.45, 2.75) is 51.6 Å². The predicted octanol–water partition coefficient (Wildman–Crippen LogP) is 3.46. The Labute approximate surface area is 188 Å². The van der Waals surface area contributed by atoms with Gasteiger partial charge in [0.2, 0.25) is 5.89 Å². The number of aromatic nitrogens is 2. The molecule has 0 amide bonds. The Morgan fingerprint density at radius 3 is 2.83 bits per heavy atom. The molecule has 1 saturated heterocycles. The average molecular weight is 516 g/mol. The summed E-state index contributed by atoms with van der Waals surface area (Å²) < 4.78 is 18.8. The van der Waals surface area contributed by atoms with Crippen molar-refractivity contribution in [1.29, 1.82) is 0 Å². The molecule has 1 atom stereocenters. The highest BCUT2D eigenvalue weighted by atomic mass is 127. The molecule has 2 heterocycles. The number of rotatable bonds is 4. The van der Waals surface area contributed by atoms with Crippen molar-refractivity contribution in [3.63, 3.8) is 0 Å². The van der Waals surface area contributed by atoms with E-state index in [0.29, 0.717) is 24.2 Å². The van der Waals surface area contributed by atoms with Gasteiger partial charge in [-0.3, -0.25) is 4.99 Å². The van der Waals surface area contributed by atoms with Crippen molar-refractivity contribution >= 4 is 35.6 Å². The maximum atomic E-state index is 13.5.